The third-order valence-electron chi connectivity index (χ3n) is 6.18. The van der Waals surface area contributed by atoms with Crippen LogP contribution in [0.2, 0.25) is 0 Å². The fraction of sp³-hybridized carbons (Fsp3) is 1.00. The van der Waals surface area contributed by atoms with Crippen molar-refractivity contribution in [3.8, 4) is 0 Å². The van der Waals surface area contributed by atoms with Gasteiger partial charge in [-0.25, -0.2) is 0 Å². The third-order valence-corrected chi connectivity index (χ3v) is 6.18. The Morgan fingerprint density at radius 2 is 1.80 bits per heavy atom. The van der Waals surface area contributed by atoms with E-state index in [9.17, 15) is 0 Å². The molecule has 20 heavy (non-hydrogen) atoms. The van der Waals surface area contributed by atoms with Gasteiger partial charge in [-0.2, -0.15) is 0 Å². The Bertz CT molecular complexity index is 340. The second kappa shape index (κ2) is 5.58. The van der Waals surface area contributed by atoms with Crippen molar-refractivity contribution in [2.45, 2.75) is 75.6 Å². The van der Waals surface area contributed by atoms with Crippen molar-refractivity contribution in [1.82, 2.24) is 10.2 Å². The van der Waals surface area contributed by atoms with Crippen LogP contribution in [-0.4, -0.2) is 49.3 Å². The van der Waals surface area contributed by atoms with Gasteiger partial charge in [-0.05, 0) is 63.2 Å². The predicted octanol–water partition coefficient (Wildman–Crippen LogP) is 2.41. The smallest absolute Gasteiger partial charge is 0.0586 e. The molecule has 4 atom stereocenters. The second-order valence-electron chi connectivity index (χ2n) is 7.63. The van der Waals surface area contributed by atoms with E-state index in [4.69, 9.17) is 4.74 Å². The molecular weight excluding hydrogens is 248 g/mol. The molecule has 3 heteroatoms. The number of piperazine rings is 1. The molecule has 4 rings (SSSR count). The molecule has 0 aromatic heterocycles. The summed E-state index contributed by atoms with van der Waals surface area (Å²) >= 11 is 0. The maximum absolute atomic E-state index is 5.67. The molecular formula is C17H30N2O. The number of methoxy groups -OCH3 is 1. The molecule has 0 radical (unpaired) electrons. The fourth-order valence-electron chi connectivity index (χ4n) is 4.60. The molecule has 1 heterocycles. The van der Waals surface area contributed by atoms with Crippen LogP contribution >= 0.6 is 0 Å². The van der Waals surface area contributed by atoms with E-state index in [0.717, 1.165) is 30.0 Å². The molecule has 0 spiro atoms. The number of ether oxygens (including phenoxy) is 1. The molecule has 3 aliphatic carbocycles. The van der Waals surface area contributed by atoms with Crippen molar-refractivity contribution in [2.75, 3.05) is 20.2 Å². The summed E-state index contributed by atoms with van der Waals surface area (Å²) in [7, 11) is 1.90. The minimum Gasteiger partial charge on any atom is -0.381 e. The average Bonchev–Trinajstić information content (AvgIpc) is 3.39. The van der Waals surface area contributed by atoms with Crippen LogP contribution in [0.25, 0.3) is 0 Å². The molecule has 0 aromatic carbocycles. The van der Waals surface area contributed by atoms with Crippen LogP contribution < -0.4 is 5.32 Å². The van der Waals surface area contributed by atoms with E-state index in [1.54, 1.807) is 0 Å². The summed E-state index contributed by atoms with van der Waals surface area (Å²) < 4.78 is 5.67. The summed E-state index contributed by atoms with van der Waals surface area (Å²) in [5.74, 6) is 1.98. The summed E-state index contributed by atoms with van der Waals surface area (Å²) in [6.45, 7) is 2.56. The first kappa shape index (κ1) is 13.5. The molecule has 4 aliphatic rings. The van der Waals surface area contributed by atoms with Crippen LogP contribution in [0.15, 0.2) is 0 Å². The minimum absolute atomic E-state index is 0.517. The van der Waals surface area contributed by atoms with E-state index >= 15 is 0 Å². The zero-order valence-corrected chi connectivity index (χ0v) is 12.9. The van der Waals surface area contributed by atoms with Crippen LogP contribution in [0.3, 0.4) is 0 Å². The van der Waals surface area contributed by atoms with E-state index in [1.165, 1.54) is 64.5 Å². The van der Waals surface area contributed by atoms with Crippen LogP contribution in [0.5, 0.6) is 0 Å². The monoisotopic (exact) mass is 278 g/mol. The van der Waals surface area contributed by atoms with Crippen molar-refractivity contribution < 1.29 is 4.74 Å². The molecule has 4 unspecified atom stereocenters. The highest BCUT2D eigenvalue weighted by Gasteiger charge is 2.45. The minimum atomic E-state index is 0.517. The van der Waals surface area contributed by atoms with Gasteiger partial charge in [-0.15, -0.1) is 0 Å². The van der Waals surface area contributed by atoms with Crippen LogP contribution in [0, 0.1) is 11.8 Å². The van der Waals surface area contributed by atoms with Gasteiger partial charge >= 0.3 is 0 Å². The lowest BCUT2D eigenvalue weighted by atomic mass is 9.88. The van der Waals surface area contributed by atoms with Gasteiger partial charge in [0.25, 0.3) is 0 Å². The summed E-state index contributed by atoms with van der Waals surface area (Å²) in [4.78, 5) is 2.92. The zero-order valence-electron chi connectivity index (χ0n) is 12.9. The highest BCUT2D eigenvalue weighted by molar-refractivity contribution is 5.01. The van der Waals surface area contributed by atoms with Crippen molar-refractivity contribution >= 4 is 0 Å². The van der Waals surface area contributed by atoms with Crippen molar-refractivity contribution in [3.05, 3.63) is 0 Å². The Morgan fingerprint density at radius 1 is 1.00 bits per heavy atom. The average molecular weight is 278 g/mol. The van der Waals surface area contributed by atoms with Gasteiger partial charge < -0.3 is 10.1 Å². The van der Waals surface area contributed by atoms with E-state index in [0.29, 0.717) is 6.10 Å². The molecule has 1 aliphatic heterocycles. The predicted molar refractivity (Wildman–Crippen MR) is 80.8 cm³/mol. The van der Waals surface area contributed by atoms with Crippen LogP contribution in [0.1, 0.15) is 51.4 Å². The van der Waals surface area contributed by atoms with E-state index in [2.05, 4.69) is 10.2 Å². The SMILES string of the molecule is COC1CCCC(N2CC(C3CC3)NCC2C2CC2)C1. The molecule has 114 valence electrons. The highest BCUT2D eigenvalue weighted by atomic mass is 16.5. The Kier molecular flexibility index (Phi) is 3.78. The molecule has 0 amide bonds. The third kappa shape index (κ3) is 2.77. The van der Waals surface area contributed by atoms with Gasteiger partial charge in [0.05, 0.1) is 6.10 Å². The lowest BCUT2D eigenvalue weighted by Crippen LogP contribution is -2.61. The van der Waals surface area contributed by atoms with E-state index in [1.807, 2.05) is 7.11 Å². The quantitative estimate of drug-likeness (QED) is 0.854. The lowest BCUT2D eigenvalue weighted by Gasteiger charge is -2.47. The first-order valence-electron chi connectivity index (χ1n) is 8.87. The molecule has 0 bridgehead atoms. The lowest BCUT2D eigenvalue weighted by molar-refractivity contribution is -0.00640. The van der Waals surface area contributed by atoms with Crippen molar-refractivity contribution in [1.29, 1.82) is 0 Å². The van der Waals surface area contributed by atoms with Gasteiger partial charge in [-0.3, -0.25) is 4.90 Å². The molecule has 1 saturated heterocycles. The summed E-state index contributed by atoms with van der Waals surface area (Å²) in [5.41, 5.74) is 0. The Labute approximate surface area is 123 Å². The van der Waals surface area contributed by atoms with Gasteiger partial charge in [0.15, 0.2) is 0 Å². The van der Waals surface area contributed by atoms with E-state index in [-0.39, 0.29) is 0 Å². The van der Waals surface area contributed by atoms with Crippen LogP contribution in [0.4, 0.5) is 0 Å². The number of rotatable bonds is 4. The number of hydrogen-bond donors (Lipinski definition) is 1. The van der Waals surface area contributed by atoms with E-state index < -0.39 is 0 Å². The fourth-order valence-corrected chi connectivity index (χ4v) is 4.60. The Balaban J connectivity index is 1.45. The van der Waals surface area contributed by atoms with Crippen molar-refractivity contribution in [3.63, 3.8) is 0 Å². The number of hydrogen-bond acceptors (Lipinski definition) is 3. The first-order valence-corrected chi connectivity index (χ1v) is 8.87. The zero-order chi connectivity index (χ0) is 13.5. The number of nitrogens with one attached hydrogen (secondary N) is 1. The van der Waals surface area contributed by atoms with Gasteiger partial charge in [0.1, 0.15) is 0 Å². The normalized spacial score (nSPS) is 43.6. The standard InChI is InChI=1S/C17H30N2O/c1-20-15-4-2-3-14(9-15)19-11-16(12-5-6-12)18-10-17(19)13-7-8-13/h12-18H,2-11H2,1H3. The number of nitrogens with zero attached hydrogens (tertiary/aromatic N) is 1. The maximum Gasteiger partial charge on any atom is 0.0586 e. The van der Waals surface area contributed by atoms with Gasteiger partial charge in [0, 0.05) is 38.3 Å². The summed E-state index contributed by atoms with van der Waals surface area (Å²) in [5, 5.41) is 3.87. The first-order chi connectivity index (χ1) is 9.85. The largest absolute Gasteiger partial charge is 0.381 e. The molecule has 3 saturated carbocycles. The highest BCUT2D eigenvalue weighted by Crippen LogP contribution is 2.41. The molecule has 3 nitrogen and oxygen atoms in total. The molecule has 4 fully saturated rings. The van der Waals surface area contributed by atoms with Gasteiger partial charge in [-0.1, -0.05) is 0 Å². The Hall–Kier alpha value is -0.120. The Morgan fingerprint density at radius 3 is 2.50 bits per heavy atom. The van der Waals surface area contributed by atoms with Crippen molar-refractivity contribution in [2.24, 2.45) is 11.8 Å². The second-order valence-corrected chi connectivity index (χ2v) is 7.63. The maximum atomic E-state index is 5.67. The summed E-state index contributed by atoms with van der Waals surface area (Å²) in [6, 6.07) is 2.40. The van der Waals surface area contributed by atoms with Crippen LogP contribution in [-0.2, 0) is 4.74 Å². The van der Waals surface area contributed by atoms with Gasteiger partial charge in [0.2, 0.25) is 0 Å². The molecule has 0 aromatic rings. The summed E-state index contributed by atoms with van der Waals surface area (Å²) in [6.07, 6.45) is 11.7. The topological polar surface area (TPSA) is 24.5 Å². The molecule has 1 N–H and O–H groups in total.